The molecule has 0 unspecified atom stereocenters. The molecule has 0 saturated carbocycles. The summed E-state index contributed by atoms with van der Waals surface area (Å²) in [7, 11) is 0. The summed E-state index contributed by atoms with van der Waals surface area (Å²) in [5, 5.41) is 7.62. The van der Waals surface area contributed by atoms with E-state index in [9.17, 15) is 0 Å². The molecule has 0 aliphatic carbocycles. The van der Waals surface area contributed by atoms with E-state index in [0.29, 0.717) is 6.42 Å². The van der Waals surface area contributed by atoms with Crippen LogP contribution in [0.2, 0.25) is 0 Å². The second-order valence-electron chi connectivity index (χ2n) is 1.83. The van der Waals surface area contributed by atoms with Gasteiger partial charge in [-0.3, -0.25) is 0 Å². The number of nitriles is 1. The van der Waals surface area contributed by atoms with Gasteiger partial charge in [0.15, 0.2) is 0 Å². The van der Waals surface area contributed by atoms with Gasteiger partial charge in [0, 0.05) is 6.42 Å². The van der Waals surface area contributed by atoms with E-state index in [1.165, 1.54) is 24.3 Å². The molecule has 1 aliphatic rings. The van der Waals surface area contributed by atoms with Gasteiger partial charge in [0.1, 0.15) is 0 Å². The van der Waals surface area contributed by atoms with Gasteiger partial charge in [-0.15, -0.1) is 0 Å². The molecule has 1 heterocycles. The van der Waals surface area contributed by atoms with E-state index in [4.69, 9.17) is 5.26 Å². The van der Waals surface area contributed by atoms with Crippen molar-refractivity contribution in [2.75, 3.05) is 11.5 Å². The van der Waals surface area contributed by atoms with Crippen LogP contribution in [0.25, 0.3) is 0 Å². The smallest absolute Gasteiger partial charge is 0.0618 e. The van der Waals surface area contributed by atoms with Crippen LogP contribution in [0.3, 0.4) is 0 Å². The third-order valence-electron chi connectivity index (χ3n) is 0.985. The number of hydrogen-bond donors (Lipinski definition) is 0. The molecular weight excluding hydrogens is 130 g/mol. The first-order valence-electron chi connectivity index (χ1n) is 3.36. The fourth-order valence-corrected chi connectivity index (χ4v) is 1.53. The molecule has 1 rings (SSSR count). The summed E-state index contributed by atoms with van der Waals surface area (Å²) in [6.07, 6.45) is 3.55. The first-order valence-corrected chi connectivity index (χ1v) is 4.52. The number of hydrogen-bond acceptors (Lipinski definition) is 2. The molecule has 0 N–H and O–H groups in total. The zero-order chi connectivity index (χ0) is 6.95. The van der Waals surface area contributed by atoms with Crippen molar-refractivity contribution in [2.45, 2.75) is 26.2 Å². The molecule has 0 aromatic carbocycles. The molecular formula is C7H13NS. The lowest BCUT2D eigenvalue weighted by Gasteiger charge is -1.69. The molecule has 1 saturated heterocycles. The van der Waals surface area contributed by atoms with Crippen molar-refractivity contribution in [1.82, 2.24) is 0 Å². The van der Waals surface area contributed by atoms with Crippen LogP contribution in [0.5, 0.6) is 0 Å². The number of rotatable bonds is 0. The zero-order valence-electron chi connectivity index (χ0n) is 5.89. The summed E-state index contributed by atoms with van der Waals surface area (Å²) in [5.41, 5.74) is 0. The number of nitrogens with zero attached hydrogens (tertiary/aromatic N) is 1. The average Bonchev–Trinajstić information content (AvgIpc) is 2.43. The third-order valence-corrected chi connectivity index (χ3v) is 2.14. The SMILES string of the molecule is C1CCSC1.CCC#N. The van der Waals surface area contributed by atoms with Gasteiger partial charge in [-0.2, -0.15) is 17.0 Å². The van der Waals surface area contributed by atoms with Crippen LogP contribution < -0.4 is 0 Å². The Balaban J connectivity index is 0.000000148. The Hall–Kier alpha value is -0.160. The topological polar surface area (TPSA) is 23.8 Å². The molecule has 0 bridgehead atoms. The Bertz CT molecular complexity index is 73.8. The monoisotopic (exact) mass is 143 g/mol. The minimum Gasteiger partial charge on any atom is -0.198 e. The number of thioether (sulfide) groups is 1. The highest BCUT2D eigenvalue weighted by atomic mass is 32.2. The highest BCUT2D eigenvalue weighted by Gasteiger charge is 1.95. The van der Waals surface area contributed by atoms with Crippen LogP contribution in [-0.4, -0.2) is 11.5 Å². The molecule has 0 amide bonds. The van der Waals surface area contributed by atoms with E-state index in [1.54, 1.807) is 0 Å². The average molecular weight is 143 g/mol. The van der Waals surface area contributed by atoms with Crippen LogP contribution in [0.4, 0.5) is 0 Å². The fraction of sp³-hybridized carbons (Fsp3) is 0.857. The molecule has 0 aromatic rings. The van der Waals surface area contributed by atoms with Crippen molar-refractivity contribution in [3.05, 3.63) is 0 Å². The molecule has 1 nitrogen and oxygen atoms in total. The predicted octanol–water partition coefficient (Wildman–Crippen LogP) is 2.43. The van der Waals surface area contributed by atoms with Crippen LogP contribution >= 0.6 is 11.8 Å². The van der Waals surface area contributed by atoms with Crippen molar-refractivity contribution in [1.29, 1.82) is 5.26 Å². The Kier molecular flexibility index (Phi) is 7.70. The summed E-state index contributed by atoms with van der Waals surface area (Å²) in [6, 6.07) is 1.93. The predicted molar refractivity (Wildman–Crippen MR) is 42.5 cm³/mol. The quantitative estimate of drug-likeness (QED) is 0.520. The van der Waals surface area contributed by atoms with E-state index in [1.807, 2.05) is 13.0 Å². The van der Waals surface area contributed by atoms with Crippen LogP contribution in [-0.2, 0) is 0 Å². The maximum absolute atomic E-state index is 7.62. The van der Waals surface area contributed by atoms with Gasteiger partial charge in [0.2, 0.25) is 0 Å². The summed E-state index contributed by atoms with van der Waals surface area (Å²) < 4.78 is 0. The molecule has 1 fully saturated rings. The molecule has 0 atom stereocenters. The largest absolute Gasteiger partial charge is 0.198 e. The van der Waals surface area contributed by atoms with Gasteiger partial charge in [0.05, 0.1) is 6.07 Å². The Morgan fingerprint density at radius 2 is 1.89 bits per heavy atom. The second kappa shape index (κ2) is 7.84. The minimum absolute atomic E-state index is 0.625. The Morgan fingerprint density at radius 1 is 1.44 bits per heavy atom. The van der Waals surface area contributed by atoms with Crippen LogP contribution in [0, 0.1) is 11.3 Å². The molecule has 1 aliphatic heterocycles. The first kappa shape index (κ1) is 8.84. The molecule has 0 radical (unpaired) electrons. The minimum atomic E-state index is 0.625. The van der Waals surface area contributed by atoms with E-state index in [2.05, 4.69) is 11.8 Å². The standard InChI is InChI=1S/C4H8S.C3H5N/c1-2-4-5-3-1;1-2-3-4/h1-4H2;2H2,1H3. The highest BCUT2D eigenvalue weighted by Crippen LogP contribution is 2.14. The van der Waals surface area contributed by atoms with Crippen LogP contribution in [0.1, 0.15) is 26.2 Å². The van der Waals surface area contributed by atoms with Gasteiger partial charge < -0.3 is 0 Å². The van der Waals surface area contributed by atoms with Crippen molar-refractivity contribution < 1.29 is 0 Å². The van der Waals surface area contributed by atoms with Crippen LogP contribution in [0.15, 0.2) is 0 Å². The van der Waals surface area contributed by atoms with Gasteiger partial charge in [0.25, 0.3) is 0 Å². The lowest BCUT2D eigenvalue weighted by Crippen LogP contribution is -1.58. The van der Waals surface area contributed by atoms with Crippen molar-refractivity contribution in [3.63, 3.8) is 0 Å². The van der Waals surface area contributed by atoms with Crippen molar-refractivity contribution in [3.8, 4) is 6.07 Å². The molecule has 9 heavy (non-hydrogen) atoms. The lowest BCUT2D eigenvalue weighted by molar-refractivity contribution is 0.949. The summed E-state index contributed by atoms with van der Waals surface area (Å²) in [5.74, 6) is 2.83. The highest BCUT2D eigenvalue weighted by molar-refractivity contribution is 7.99. The second-order valence-corrected chi connectivity index (χ2v) is 3.06. The Labute approximate surface area is 61.4 Å². The van der Waals surface area contributed by atoms with E-state index in [0.717, 1.165) is 0 Å². The maximum Gasteiger partial charge on any atom is 0.0618 e. The summed E-state index contributed by atoms with van der Waals surface area (Å²) >= 11 is 2.07. The molecule has 2 heteroatoms. The van der Waals surface area contributed by atoms with Gasteiger partial charge >= 0.3 is 0 Å². The van der Waals surface area contributed by atoms with Gasteiger partial charge in [-0.1, -0.05) is 6.92 Å². The summed E-state index contributed by atoms with van der Waals surface area (Å²) in [6.45, 7) is 1.82. The zero-order valence-corrected chi connectivity index (χ0v) is 6.71. The summed E-state index contributed by atoms with van der Waals surface area (Å²) in [4.78, 5) is 0. The maximum atomic E-state index is 7.62. The van der Waals surface area contributed by atoms with Crippen molar-refractivity contribution in [2.24, 2.45) is 0 Å². The normalized spacial score (nSPS) is 15.6. The van der Waals surface area contributed by atoms with E-state index < -0.39 is 0 Å². The van der Waals surface area contributed by atoms with Gasteiger partial charge in [-0.25, -0.2) is 0 Å². The van der Waals surface area contributed by atoms with E-state index >= 15 is 0 Å². The Morgan fingerprint density at radius 3 is 2.00 bits per heavy atom. The fourth-order valence-electron chi connectivity index (χ4n) is 0.510. The molecule has 0 aromatic heterocycles. The molecule has 52 valence electrons. The first-order chi connectivity index (χ1) is 4.41. The van der Waals surface area contributed by atoms with Gasteiger partial charge in [-0.05, 0) is 24.3 Å². The van der Waals surface area contributed by atoms with E-state index in [-0.39, 0.29) is 0 Å². The molecule has 0 spiro atoms. The van der Waals surface area contributed by atoms with Crippen molar-refractivity contribution >= 4 is 11.8 Å². The third kappa shape index (κ3) is 7.84. The lowest BCUT2D eigenvalue weighted by atomic mass is 10.4.